The Hall–Kier alpha value is -3.18. The van der Waals surface area contributed by atoms with Crippen molar-refractivity contribution in [3.8, 4) is 11.3 Å². The van der Waals surface area contributed by atoms with E-state index in [2.05, 4.69) is 82.0 Å². The normalized spacial score (nSPS) is 13.4. The topological polar surface area (TPSA) is 45.7 Å². The summed E-state index contributed by atoms with van der Waals surface area (Å²) in [5.74, 6) is 0.432. The summed E-state index contributed by atoms with van der Waals surface area (Å²) >= 11 is 0. The molecule has 4 rings (SSSR count). The average Bonchev–Trinajstić information content (AvgIpc) is 2.83. The van der Waals surface area contributed by atoms with E-state index in [0.29, 0.717) is 31.2 Å². The zero-order valence-corrected chi connectivity index (χ0v) is 22.1. The van der Waals surface area contributed by atoms with Gasteiger partial charge in [-0.2, -0.15) is 0 Å². The third kappa shape index (κ3) is 4.83. The molecule has 1 aromatic heterocycles. The number of benzene rings is 2. The number of methoxy groups -OCH3 is 1. The van der Waals surface area contributed by atoms with Crippen LogP contribution in [0.1, 0.15) is 58.1 Å². The number of fused-ring (bicyclic) bond motifs is 1. The van der Waals surface area contributed by atoms with Crippen LogP contribution in [-0.2, 0) is 11.2 Å². The van der Waals surface area contributed by atoms with E-state index in [4.69, 9.17) is 9.72 Å². The molecule has 0 radical (unpaired) electrons. The molecule has 0 spiro atoms. The number of pyridine rings is 1. The minimum atomic E-state index is 0.0252. The molecule has 0 saturated heterocycles. The molecule has 0 fully saturated rings. The smallest absolute Gasteiger partial charge is 0.260 e. The van der Waals surface area contributed by atoms with E-state index in [1.165, 1.54) is 16.7 Å². The van der Waals surface area contributed by atoms with Gasteiger partial charge in [0.1, 0.15) is 0 Å². The van der Waals surface area contributed by atoms with Crippen molar-refractivity contribution in [3.63, 3.8) is 0 Å². The number of aryl methyl sites for hydroxylation is 3. The van der Waals surface area contributed by atoms with Crippen molar-refractivity contribution in [2.75, 3.05) is 43.7 Å². The van der Waals surface area contributed by atoms with Crippen LogP contribution in [0.15, 0.2) is 42.5 Å². The predicted molar refractivity (Wildman–Crippen MR) is 145 cm³/mol. The van der Waals surface area contributed by atoms with Crippen LogP contribution in [0.25, 0.3) is 11.3 Å². The van der Waals surface area contributed by atoms with Crippen LogP contribution in [0.5, 0.6) is 0 Å². The fraction of sp³-hybridized carbons (Fsp3) is 0.400. The molecular weight excluding hydrogens is 434 g/mol. The number of amides is 1. The highest BCUT2D eigenvalue weighted by Crippen LogP contribution is 2.37. The Morgan fingerprint density at radius 3 is 2.43 bits per heavy atom. The Morgan fingerprint density at radius 1 is 1.06 bits per heavy atom. The number of anilines is 2. The van der Waals surface area contributed by atoms with E-state index in [1.807, 2.05) is 11.9 Å². The molecule has 35 heavy (non-hydrogen) atoms. The van der Waals surface area contributed by atoms with Crippen molar-refractivity contribution >= 4 is 17.3 Å². The first-order chi connectivity index (χ1) is 16.7. The molecule has 0 atom stereocenters. The number of ether oxygens (including phenoxy) is 1. The van der Waals surface area contributed by atoms with Gasteiger partial charge in [-0.15, -0.1) is 0 Å². The van der Waals surface area contributed by atoms with Crippen LogP contribution in [0.4, 0.5) is 11.4 Å². The number of nitrogens with zero attached hydrogens (tertiary/aromatic N) is 3. The zero-order chi connectivity index (χ0) is 25.3. The Morgan fingerprint density at radius 2 is 1.77 bits per heavy atom. The molecule has 0 aliphatic carbocycles. The maximum Gasteiger partial charge on any atom is 0.260 e. The van der Waals surface area contributed by atoms with Crippen molar-refractivity contribution < 1.29 is 9.53 Å². The predicted octanol–water partition coefficient (Wildman–Crippen LogP) is 6.08. The van der Waals surface area contributed by atoms with Gasteiger partial charge in [-0.1, -0.05) is 44.2 Å². The first kappa shape index (κ1) is 24.9. The summed E-state index contributed by atoms with van der Waals surface area (Å²) in [6, 6.07) is 14.8. The molecule has 1 aliphatic rings. The van der Waals surface area contributed by atoms with Crippen LogP contribution in [-0.4, -0.2) is 44.7 Å². The molecule has 0 saturated carbocycles. The van der Waals surface area contributed by atoms with Gasteiger partial charge in [-0.05, 0) is 61.1 Å². The van der Waals surface area contributed by atoms with E-state index in [0.717, 1.165) is 40.3 Å². The van der Waals surface area contributed by atoms with Crippen molar-refractivity contribution in [1.82, 2.24) is 4.98 Å². The second kappa shape index (κ2) is 10.2. The monoisotopic (exact) mass is 471 g/mol. The largest absolute Gasteiger partial charge is 0.383 e. The van der Waals surface area contributed by atoms with Gasteiger partial charge in [-0.3, -0.25) is 4.79 Å². The SMILES string of the molecule is COCCN(C)c1cc2c(nc1-c1c(C)cccc1C)CCN(c1cc(C(C)C)ccc1C)C2=O. The van der Waals surface area contributed by atoms with Gasteiger partial charge in [0.05, 0.1) is 29.2 Å². The number of carbonyl (C=O) groups is 1. The van der Waals surface area contributed by atoms with Crippen LogP contribution in [0, 0.1) is 20.8 Å². The minimum Gasteiger partial charge on any atom is -0.383 e. The third-order valence-corrected chi connectivity index (χ3v) is 7.08. The van der Waals surface area contributed by atoms with Gasteiger partial charge in [0.25, 0.3) is 5.91 Å². The molecule has 2 heterocycles. The zero-order valence-electron chi connectivity index (χ0n) is 22.1. The Labute approximate surface area is 209 Å². The molecule has 5 nitrogen and oxygen atoms in total. The van der Waals surface area contributed by atoms with E-state index < -0.39 is 0 Å². The molecule has 0 N–H and O–H groups in total. The molecule has 1 amide bonds. The number of carbonyl (C=O) groups excluding carboxylic acids is 1. The number of rotatable bonds is 7. The molecule has 1 aliphatic heterocycles. The summed E-state index contributed by atoms with van der Waals surface area (Å²) in [6.07, 6.45) is 0.729. The van der Waals surface area contributed by atoms with Gasteiger partial charge in [0, 0.05) is 44.9 Å². The lowest BCUT2D eigenvalue weighted by Crippen LogP contribution is -2.39. The maximum atomic E-state index is 13.9. The second-order valence-corrected chi connectivity index (χ2v) is 9.94. The van der Waals surface area contributed by atoms with Gasteiger partial charge in [0.2, 0.25) is 0 Å². The van der Waals surface area contributed by atoms with Crippen molar-refractivity contribution in [2.24, 2.45) is 0 Å². The fourth-order valence-corrected chi connectivity index (χ4v) is 4.90. The number of aromatic nitrogens is 1. The van der Waals surface area contributed by atoms with E-state index in [-0.39, 0.29) is 5.91 Å². The molecule has 0 bridgehead atoms. The number of likely N-dealkylation sites (N-methyl/N-ethyl adjacent to an activating group) is 1. The second-order valence-electron chi connectivity index (χ2n) is 9.94. The average molecular weight is 472 g/mol. The quantitative estimate of drug-likeness (QED) is 0.419. The lowest BCUT2D eigenvalue weighted by atomic mass is 9.94. The van der Waals surface area contributed by atoms with Gasteiger partial charge in [-0.25, -0.2) is 4.98 Å². The van der Waals surface area contributed by atoms with E-state index >= 15 is 0 Å². The summed E-state index contributed by atoms with van der Waals surface area (Å²) < 4.78 is 5.34. The summed E-state index contributed by atoms with van der Waals surface area (Å²) in [6.45, 7) is 12.6. The Bertz CT molecular complexity index is 1230. The summed E-state index contributed by atoms with van der Waals surface area (Å²) in [5.41, 5.74) is 10.3. The van der Waals surface area contributed by atoms with E-state index in [1.54, 1.807) is 7.11 Å². The summed E-state index contributed by atoms with van der Waals surface area (Å²) in [4.78, 5) is 23.1. The number of hydrogen-bond donors (Lipinski definition) is 0. The third-order valence-electron chi connectivity index (χ3n) is 7.08. The van der Waals surface area contributed by atoms with E-state index in [9.17, 15) is 4.79 Å². The van der Waals surface area contributed by atoms with Gasteiger partial charge < -0.3 is 14.5 Å². The minimum absolute atomic E-state index is 0.0252. The van der Waals surface area contributed by atoms with Crippen LogP contribution in [0.3, 0.4) is 0 Å². The molecular formula is C30H37N3O2. The molecule has 2 aromatic carbocycles. The molecule has 3 aromatic rings. The first-order valence-electron chi connectivity index (χ1n) is 12.5. The van der Waals surface area contributed by atoms with Crippen LogP contribution >= 0.6 is 0 Å². The lowest BCUT2D eigenvalue weighted by Gasteiger charge is -2.32. The summed E-state index contributed by atoms with van der Waals surface area (Å²) in [7, 11) is 3.75. The first-order valence-corrected chi connectivity index (χ1v) is 12.5. The van der Waals surface area contributed by atoms with Crippen molar-refractivity contribution in [3.05, 3.63) is 76.0 Å². The Balaban J connectivity index is 1.84. The molecule has 0 unspecified atom stereocenters. The van der Waals surface area contributed by atoms with Gasteiger partial charge in [0.15, 0.2) is 0 Å². The van der Waals surface area contributed by atoms with Crippen LogP contribution in [0.2, 0.25) is 0 Å². The lowest BCUT2D eigenvalue weighted by molar-refractivity contribution is 0.0979. The molecule has 184 valence electrons. The van der Waals surface area contributed by atoms with Crippen molar-refractivity contribution in [1.29, 1.82) is 0 Å². The Kier molecular flexibility index (Phi) is 7.27. The maximum absolute atomic E-state index is 13.9. The fourth-order valence-electron chi connectivity index (χ4n) is 4.90. The van der Waals surface area contributed by atoms with Gasteiger partial charge >= 0.3 is 0 Å². The summed E-state index contributed by atoms with van der Waals surface area (Å²) in [5, 5.41) is 0. The molecule has 5 heteroatoms. The number of hydrogen-bond acceptors (Lipinski definition) is 4. The van der Waals surface area contributed by atoms with Crippen molar-refractivity contribution in [2.45, 2.75) is 47.0 Å². The standard InChI is InChI=1S/C30H37N3O2/c1-19(2)23-12-11-20(3)26(17-23)33-14-13-25-24(30(33)34)18-27(32(6)15-16-35-7)29(31-25)28-21(4)9-8-10-22(28)5/h8-12,17-19H,13-16H2,1-7H3. The van der Waals surface area contributed by atoms with Crippen LogP contribution < -0.4 is 9.80 Å². The highest BCUT2D eigenvalue weighted by Gasteiger charge is 2.30. The highest BCUT2D eigenvalue weighted by molar-refractivity contribution is 6.09. The highest BCUT2D eigenvalue weighted by atomic mass is 16.5.